The van der Waals surface area contributed by atoms with Gasteiger partial charge in [0.2, 0.25) is 10.0 Å². The fraction of sp³-hybridized carbons (Fsp3) is 0.300. The van der Waals surface area contributed by atoms with E-state index in [9.17, 15) is 28.1 Å². The summed E-state index contributed by atoms with van der Waals surface area (Å²) in [6, 6.07) is 9.74. The van der Waals surface area contributed by atoms with Gasteiger partial charge in [-0.05, 0) is 49.7 Å². The second-order valence-electron chi connectivity index (χ2n) is 6.52. The number of benzene rings is 2. The zero-order valence-electron chi connectivity index (χ0n) is 17.5. The van der Waals surface area contributed by atoms with E-state index in [1.165, 1.54) is 42.5 Å². The summed E-state index contributed by atoms with van der Waals surface area (Å²) in [5.41, 5.74) is 0.710. The fourth-order valence-electron chi connectivity index (χ4n) is 2.56. The van der Waals surface area contributed by atoms with Crippen LogP contribution in [0.5, 0.6) is 5.75 Å². The average Bonchev–Trinajstić information content (AvgIpc) is 2.74. The third-order valence-corrected chi connectivity index (χ3v) is 5.60. The molecular weight excluding hydrogens is 442 g/mol. The zero-order chi connectivity index (χ0) is 23.7. The highest BCUT2D eigenvalue weighted by atomic mass is 32.2. The van der Waals surface area contributed by atoms with E-state index in [0.29, 0.717) is 23.6 Å². The Morgan fingerprint density at radius 3 is 2.41 bits per heavy atom. The molecule has 1 amide bonds. The van der Waals surface area contributed by atoms with E-state index >= 15 is 0 Å². The number of hydrogen-bond acceptors (Lipinski definition) is 8. The minimum Gasteiger partial charge on any atom is -0.494 e. The van der Waals surface area contributed by atoms with Gasteiger partial charge < -0.3 is 14.8 Å². The Bertz CT molecular complexity index is 1080. The Morgan fingerprint density at radius 1 is 1.12 bits per heavy atom. The second kappa shape index (κ2) is 11.2. The van der Waals surface area contributed by atoms with Crippen LogP contribution in [0.3, 0.4) is 0 Å². The lowest BCUT2D eigenvalue weighted by Crippen LogP contribution is -2.28. The minimum atomic E-state index is -3.81. The van der Waals surface area contributed by atoms with Crippen LogP contribution >= 0.6 is 0 Å². The van der Waals surface area contributed by atoms with Crippen molar-refractivity contribution < 1.29 is 32.4 Å². The van der Waals surface area contributed by atoms with Gasteiger partial charge in [-0.2, -0.15) is 0 Å². The molecule has 0 spiro atoms. The highest BCUT2D eigenvalue weighted by Gasteiger charge is 2.16. The molecule has 172 valence electrons. The van der Waals surface area contributed by atoms with Crippen molar-refractivity contribution in [1.29, 1.82) is 0 Å². The van der Waals surface area contributed by atoms with Crippen LogP contribution in [0, 0.1) is 17.0 Å². The molecule has 2 rings (SSSR count). The van der Waals surface area contributed by atoms with Crippen LogP contribution in [0.1, 0.15) is 18.9 Å². The number of sulfonamides is 1. The van der Waals surface area contributed by atoms with Gasteiger partial charge in [0.25, 0.3) is 11.6 Å². The molecule has 32 heavy (non-hydrogen) atoms. The Morgan fingerprint density at radius 2 is 1.81 bits per heavy atom. The van der Waals surface area contributed by atoms with Crippen molar-refractivity contribution in [2.24, 2.45) is 0 Å². The van der Waals surface area contributed by atoms with Crippen molar-refractivity contribution in [2.75, 3.05) is 25.1 Å². The van der Waals surface area contributed by atoms with Gasteiger partial charge in [-0.25, -0.2) is 13.1 Å². The SMILES string of the molecule is CCOc1ccc(S(=O)(=O)NCCC(=O)OCC(=O)Nc2ccc([N+](=O)[O-])cc2C)cc1. The van der Waals surface area contributed by atoms with Crippen molar-refractivity contribution in [3.8, 4) is 5.75 Å². The molecule has 0 unspecified atom stereocenters. The van der Waals surface area contributed by atoms with Gasteiger partial charge in [0.05, 0.1) is 22.8 Å². The summed E-state index contributed by atoms with van der Waals surface area (Å²) in [4.78, 5) is 33.9. The van der Waals surface area contributed by atoms with Gasteiger partial charge in [0.1, 0.15) is 5.75 Å². The molecule has 0 aromatic heterocycles. The molecule has 0 heterocycles. The zero-order valence-corrected chi connectivity index (χ0v) is 18.3. The molecule has 2 N–H and O–H groups in total. The first-order chi connectivity index (χ1) is 15.1. The molecule has 0 aliphatic heterocycles. The summed E-state index contributed by atoms with van der Waals surface area (Å²) in [5, 5.41) is 13.2. The monoisotopic (exact) mass is 465 g/mol. The molecule has 0 fully saturated rings. The van der Waals surface area contributed by atoms with Crippen LogP contribution < -0.4 is 14.8 Å². The average molecular weight is 465 g/mol. The Hall–Kier alpha value is -3.51. The molecule has 0 bridgehead atoms. The van der Waals surface area contributed by atoms with Gasteiger partial charge in [0, 0.05) is 24.4 Å². The van der Waals surface area contributed by atoms with E-state index in [-0.39, 0.29) is 23.5 Å². The number of aryl methyl sites for hydroxylation is 1. The summed E-state index contributed by atoms with van der Waals surface area (Å²) < 4.78 is 36.8. The van der Waals surface area contributed by atoms with Gasteiger partial charge >= 0.3 is 5.97 Å². The summed E-state index contributed by atoms with van der Waals surface area (Å²) in [6.45, 7) is 3.06. The molecular formula is C20H23N3O8S. The first-order valence-corrected chi connectivity index (χ1v) is 11.0. The highest BCUT2D eigenvalue weighted by Crippen LogP contribution is 2.21. The quantitative estimate of drug-likeness (QED) is 0.291. The van der Waals surface area contributed by atoms with Crippen LogP contribution in [-0.2, 0) is 24.3 Å². The number of carbonyl (C=O) groups is 2. The summed E-state index contributed by atoms with van der Waals surface area (Å²) >= 11 is 0. The number of nitro groups is 1. The number of anilines is 1. The van der Waals surface area contributed by atoms with Crippen LogP contribution in [0.15, 0.2) is 47.4 Å². The van der Waals surface area contributed by atoms with Gasteiger partial charge in [-0.15, -0.1) is 0 Å². The number of hydrogen-bond donors (Lipinski definition) is 2. The van der Waals surface area contributed by atoms with Crippen molar-refractivity contribution in [3.63, 3.8) is 0 Å². The largest absolute Gasteiger partial charge is 0.494 e. The van der Waals surface area contributed by atoms with E-state index in [1.54, 1.807) is 6.92 Å². The van der Waals surface area contributed by atoms with Crippen molar-refractivity contribution in [3.05, 3.63) is 58.1 Å². The lowest BCUT2D eigenvalue weighted by Gasteiger charge is -2.10. The van der Waals surface area contributed by atoms with Crippen LogP contribution in [0.4, 0.5) is 11.4 Å². The van der Waals surface area contributed by atoms with Crippen molar-refractivity contribution >= 4 is 33.3 Å². The van der Waals surface area contributed by atoms with E-state index in [1.807, 2.05) is 6.92 Å². The molecule has 0 aliphatic rings. The summed E-state index contributed by atoms with van der Waals surface area (Å²) in [6.07, 6.45) is -0.278. The normalized spacial score (nSPS) is 10.9. The maximum atomic E-state index is 12.2. The molecule has 0 aliphatic carbocycles. The maximum absolute atomic E-state index is 12.2. The molecule has 0 saturated heterocycles. The predicted octanol–water partition coefficient (Wildman–Crippen LogP) is 2.15. The number of ether oxygens (including phenoxy) is 2. The van der Waals surface area contributed by atoms with E-state index in [2.05, 4.69) is 10.0 Å². The topological polar surface area (TPSA) is 154 Å². The molecule has 11 nitrogen and oxygen atoms in total. The smallest absolute Gasteiger partial charge is 0.307 e. The maximum Gasteiger partial charge on any atom is 0.307 e. The third-order valence-electron chi connectivity index (χ3n) is 4.13. The van der Waals surface area contributed by atoms with E-state index < -0.39 is 33.4 Å². The minimum absolute atomic E-state index is 0.0205. The lowest BCUT2D eigenvalue weighted by molar-refractivity contribution is -0.384. The standard InChI is InChI=1S/C20H23N3O8S/c1-3-30-16-5-7-17(8-6-16)32(28,29)21-11-10-20(25)31-13-19(24)22-18-9-4-15(23(26)27)12-14(18)2/h4-9,12,21H,3,10-11,13H2,1-2H3,(H,22,24). The number of rotatable bonds is 11. The summed E-state index contributed by atoms with van der Waals surface area (Å²) in [5.74, 6) is -0.863. The van der Waals surface area contributed by atoms with Gasteiger partial charge in [-0.1, -0.05) is 0 Å². The van der Waals surface area contributed by atoms with Gasteiger partial charge in [-0.3, -0.25) is 19.7 Å². The number of esters is 1. The number of nitro benzene ring substituents is 1. The van der Waals surface area contributed by atoms with E-state index in [4.69, 9.17) is 9.47 Å². The second-order valence-corrected chi connectivity index (χ2v) is 8.28. The third kappa shape index (κ3) is 7.32. The fourth-order valence-corrected chi connectivity index (χ4v) is 3.59. The van der Waals surface area contributed by atoms with Gasteiger partial charge in [0.15, 0.2) is 6.61 Å². The number of amides is 1. The molecule has 0 radical (unpaired) electrons. The van der Waals surface area contributed by atoms with Crippen molar-refractivity contribution in [2.45, 2.75) is 25.2 Å². The molecule has 0 saturated carbocycles. The van der Waals surface area contributed by atoms with Crippen LogP contribution in [0.2, 0.25) is 0 Å². The first-order valence-electron chi connectivity index (χ1n) is 9.55. The molecule has 2 aromatic rings. The number of nitrogens with one attached hydrogen (secondary N) is 2. The Kier molecular flexibility index (Phi) is 8.67. The van der Waals surface area contributed by atoms with Crippen LogP contribution in [-0.4, -0.2) is 45.0 Å². The number of nitrogens with zero attached hydrogens (tertiary/aromatic N) is 1. The van der Waals surface area contributed by atoms with E-state index in [0.717, 1.165) is 0 Å². The summed E-state index contributed by atoms with van der Waals surface area (Å²) in [7, 11) is -3.81. The molecule has 2 aromatic carbocycles. The van der Waals surface area contributed by atoms with Crippen molar-refractivity contribution in [1.82, 2.24) is 4.72 Å². The first kappa shape index (κ1) is 24.8. The Balaban J connectivity index is 1.77. The number of carbonyl (C=O) groups excluding carboxylic acids is 2. The Labute approximate surface area is 184 Å². The lowest BCUT2D eigenvalue weighted by atomic mass is 10.2. The molecule has 12 heteroatoms. The highest BCUT2D eigenvalue weighted by molar-refractivity contribution is 7.89. The number of non-ortho nitro benzene ring substituents is 1. The van der Waals surface area contributed by atoms with Crippen LogP contribution in [0.25, 0.3) is 0 Å². The molecule has 0 atom stereocenters. The predicted molar refractivity (Wildman–Crippen MR) is 115 cm³/mol.